The van der Waals surface area contributed by atoms with Crippen LogP contribution in [0.3, 0.4) is 0 Å². The first kappa shape index (κ1) is 20.2. The van der Waals surface area contributed by atoms with E-state index in [1.165, 1.54) is 25.7 Å². The van der Waals surface area contributed by atoms with Crippen LogP contribution >= 0.6 is 0 Å². The average Bonchev–Trinajstić information content (AvgIpc) is 3.57. The number of hydrogen-bond acceptors (Lipinski definition) is 3. The number of carbonyl (C=O) groups is 2. The van der Waals surface area contributed by atoms with Gasteiger partial charge in [-0.3, -0.25) is 14.4 Å². The molecule has 0 saturated heterocycles. The summed E-state index contributed by atoms with van der Waals surface area (Å²) >= 11 is 0. The molecule has 2 amide bonds. The van der Waals surface area contributed by atoms with Gasteiger partial charge < -0.3 is 15.2 Å². The molecular weight excluding hydrogens is 366 g/mol. The van der Waals surface area contributed by atoms with Gasteiger partial charge in [0.25, 0.3) is 11.8 Å². The molecule has 3 aliphatic rings. The lowest BCUT2D eigenvalue weighted by Gasteiger charge is -2.26. The first-order valence-electron chi connectivity index (χ1n) is 11.5. The Balaban J connectivity index is 1.56. The van der Waals surface area contributed by atoms with E-state index in [1.54, 1.807) is 12.4 Å². The molecule has 0 radical (unpaired) electrons. The number of nitrogens with zero attached hydrogens (tertiary/aromatic N) is 1. The summed E-state index contributed by atoms with van der Waals surface area (Å²) in [5, 5.41) is 5.88. The normalized spacial score (nSPS) is 21.0. The molecule has 3 saturated carbocycles. The third-order valence-corrected chi connectivity index (χ3v) is 6.72. The largest absolute Gasteiger partial charge is 0.352 e. The van der Waals surface area contributed by atoms with Crippen molar-refractivity contribution in [2.75, 3.05) is 6.54 Å². The number of carbonyl (C=O) groups excluding carboxylic acids is 2. The maximum absolute atomic E-state index is 13.0. The Bertz CT molecular complexity index is 800. The summed E-state index contributed by atoms with van der Waals surface area (Å²) in [6, 6.07) is 0.426. The molecule has 4 rings (SSSR count). The molecule has 6 nitrogen and oxygen atoms in total. The number of hydrogen-bond donors (Lipinski definition) is 2. The summed E-state index contributed by atoms with van der Waals surface area (Å²) in [5.74, 6) is -0.190. The van der Waals surface area contributed by atoms with E-state index in [4.69, 9.17) is 0 Å². The summed E-state index contributed by atoms with van der Waals surface area (Å²) in [6.45, 7) is 0.611. The van der Waals surface area contributed by atoms with E-state index in [0.29, 0.717) is 12.5 Å². The summed E-state index contributed by atoms with van der Waals surface area (Å²) in [5.41, 5.74) is -0.237. The number of pyridine rings is 1. The summed E-state index contributed by atoms with van der Waals surface area (Å²) in [6.07, 6.45) is 16.8. The Hall–Kier alpha value is -2.11. The Kier molecular flexibility index (Phi) is 6.36. The lowest BCUT2D eigenvalue weighted by molar-refractivity contribution is 0.0941. The molecule has 6 heteroatoms. The van der Waals surface area contributed by atoms with Crippen LogP contribution in [0, 0.1) is 5.92 Å². The van der Waals surface area contributed by atoms with E-state index in [9.17, 15) is 14.4 Å². The molecule has 3 fully saturated rings. The van der Waals surface area contributed by atoms with Crippen molar-refractivity contribution in [3.63, 3.8) is 0 Å². The van der Waals surface area contributed by atoms with Gasteiger partial charge in [-0.25, -0.2) is 0 Å². The highest BCUT2D eigenvalue weighted by Gasteiger charge is 2.28. The number of nitrogens with one attached hydrogen (secondary N) is 2. The van der Waals surface area contributed by atoms with Crippen LogP contribution < -0.4 is 16.1 Å². The molecule has 158 valence electrons. The zero-order valence-corrected chi connectivity index (χ0v) is 17.3. The molecule has 2 N–H and O–H groups in total. The van der Waals surface area contributed by atoms with Crippen LogP contribution in [0.2, 0.25) is 0 Å². The van der Waals surface area contributed by atoms with E-state index >= 15 is 0 Å². The van der Waals surface area contributed by atoms with Crippen LogP contribution in [0.1, 0.15) is 104 Å². The highest BCUT2D eigenvalue weighted by Crippen LogP contribution is 2.28. The molecule has 3 aliphatic carbocycles. The minimum Gasteiger partial charge on any atom is -0.352 e. The topological polar surface area (TPSA) is 80.2 Å². The Morgan fingerprint density at radius 2 is 1.41 bits per heavy atom. The lowest BCUT2D eigenvalue weighted by atomic mass is 9.89. The molecule has 0 unspecified atom stereocenters. The van der Waals surface area contributed by atoms with Gasteiger partial charge in [0.05, 0.1) is 0 Å². The standard InChI is InChI=1S/C23H33N3O3/c27-21-19(22(28)24-13-16-7-3-1-4-8-16)14-26(18-9-5-2-6-10-18)15-20(21)23(29)25-17-11-12-17/h14-18H,1-13H2,(H,24,28)(H,25,29). The molecule has 1 aromatic rings. The van der Waals surface area contributed by atoms with Crippen molar-refractivity contribution in [3.8, 4) is 0 Å². The van der Waals surface area contributed by atoms with E-state index in [2.05, 4.69) is 10.6 Å². The second kappa shape index (κ2) is 9.14. The van der Waals surface area contributed by atoms with Gasteiger partial charge >= 0.3 is 0 Å². The zero-order chi connectivity index (χ0) is 20.2. The quantitative estimate of drug-likeness (QED) is 0.768. The highest BCUT2D eigenvalue weighted by atomic mass is 16.2. The number of aromatic nitrogens is 1. The molecular formula is C23H33N3O3. The average molecular weight is 400 g/mol. The van der Waals surface area contributed by atoms with E-state index < -0.39 is 5.43 Å². The Labute approximate surface area is 172 Å². The second-order valence-corrected chi connectivity index (χ2v) is 9.12. The van der Waals surface area contributed by atoms with Crippen molar-refractivity contribution in [3.05, 3.63) is 33.7 Å². The van der Waals surface area contributed by atoms with Crippen molar-refractivity contribution in [1.29, 1.82) is 0 Å². The van der Waals surface area contributed by atoms with Crippen molar-refractivity contribution >= 4 is 11.8 Å². The van der Waals surface area contributed by atoms with E-state index in [-0.39, 0.29) is 35.0 Å². The maximum Gasteiger partial charge on any atom is 0.256 e. The third-order valence-electron chi connectivity index (χ3n) is 6.72. The molecule has 29 heavy (non-hydrogen) atoms. The fourth-order valence-electron chi connectivity index (χ4n) is 4.73. The minimum absolute atomic E-state index is 0.104. The molecule has 1 aromatic heterocycles. The van der Waals surface area contributed by atoms with Gasteiger partial charge in [0.2, 0.25) is 5.43 Å². The van der Waals surface area contributed by atoms with Gasteiger partial charge in [0.1, 0.15) is 11.1 Å². The Morgan fingerprint density at radius 1 is 0.828 bits per heavy atom. The summed E-state index contributed by atoms with van der Waals surface area (Å²) < 4.78 is 1.96. The molecule has 0 atom stereocenters. The molecule has 0 spiro atoms. The maximum atomic E-state index is 13.0. The summed E-state index contributed by atoms with van der Waals surface area (Å²) in [4.78, 5) is 38.6. The van der Waals surface area contributed by atoms with Crippen LogP contribution in [0.15, 0.2) is 17.2 Å². The van der Waals surface area contributed by atoms with Gasteiger partial charge in [0.15, 0.2) is 0 Å². The van der Waals surface area contributed by atoms with Crippen LogP contribution in [-0.4, -0.2) is 29.0 Å². The monoisotopic (exact) mass is 399 g/mol. The predicted molar refractivity (Wildman–Crippen MR) is 112 cm³/mol. The molecule has 0 aromatic carbocycles. The first-order chi connectivity index (χ1) is 14.1. The fraction of sp³-hybridized carbons (Fsp3) is 0.696. The molecule has 0 bridgehead atoms. The Morgan fingerprint density at radius 3 is 2.03 bits per heavy atom. The second-order valence-electron chi connectivity index (χ2n) is 9.12. The SMILES string of the molecule is O=C(NCC1CCCCC1)c1cn(C2CCCCC2)cc(C(=O)NC2CC2)c1=O. The number of rotatable bonds is 6. The van der Waals surface area contributed by atoms with Gasteiger partial charge in [-0.05, 0) is 44.4 Å². The van der Waals surface area contributed by atoms with E-state index in [0.717, 1.165) is 51.4 Å². The van der Waals surface area contributed by atoms with Crippen LogP contribution in [0.5, 0.6) is 0 Å². The van der Waals surface area contributed by atoms with Crippen molar-refractivity contribution < 1.29 is 9.59 Å². The third kappa shape index (κ3) is 5.09. The van der Waals surface area contributed by atoms with Gasteiger partial charge in [-0.15, -0.1) is 0 Å². The van der Waals surface area contributed by atoms with Crippen molar-refractivity contribution in [1.82, 2.24) is 15.2 Å². The van der Waals surface area contributed by atoms with Gasteiger partial charge in [-0.1, -0.05) is 38.5 Å². The fourth-order valence-corrected chi connectivity index (χ4v) is 4.73. The van der Waals surface area contributed by atoms with Crippen molar-refractivity contribution in [2.45, 2.75) is 89.1 Å². The van der Waals surface area contributed by atoms with Gasteiger partial charge in [-0.2, -0.15) is 0 Å². The molecule has 1 heterocycles. The van der Waals surface area contributed by atoms with Crippen LogP contribution in [0.25, 0.3) is 0 Å². The zero-order valence-electron chi connectivity index (χ0n) is 17.3. The first-order valence-corrected chi connectivity index (χ1v) is 11.5. The predicted octanol–water partition coefficient (Wildman–Crippen LogP) is 3.56. The van der Waals surface area contributed by atoms with E-state index in [1.807, 2.05) is 4.57 Å². The number of amides is 2. The van der Waals surface area contributed by atoms with Crippen molar-refractivity contribution in [2.24, 2.45) is 5.92 Å². The highest BCUT2D eigenvalue weighted by molar-refractivity contribution is 5.99. The van der Waals surface area contributed by atoms with Gasteiger partial charge in [0, 0.05) is 31.0 Å². The summed E-state index contributed by atoms with van der Waals surface area (Å²) in [7, 11) is 0. The van der Waals surface area contributed by atoms with Crippen LogP contribution in [-0.2, 0) is 0 Å². The molecule has 0 aliphatic heterocycles. The smallest absolute Gasteiger partial charge is 0.256 e. The van der Waals surface area contributed by atoms with Crippen LogP contribution in [0.4, 0.5) is 0 Å². The minimum atomic E-state index is -0.448. The lowest BCUT2D eigenvalue weighted by Crippen LogP contribution is -2.38.